The van der Waals surface area contributed by atoms with Crippen LogP contribution in [0.5, 0.6) is 0 Å². The van der Waals surface area contributed by atoms with Crippen LogP contribution in [0.2, 0.25) is 0 Å². The van der Waals surface area contributed by atoms with Gasteiger partial charge < -0.3 is 0 Å². The summed E-state index contributed by atoms with van der Waals surface area (Å²) in [7, 11) is 0. The van der Waals surface area contributed by atoms with Crippen molar-refractivity contribution < 1.29 is 4.39 Å². The van der Waals surface area contributed by atoms with Crippen molar-refractivity contribution >= 4 is 0 Å². The van der Waals surface area contributed by atoms with Gasteiger partial charge in [0.2, 0.25) is 5.95 Å². The van der Waals surface area contributed by atoms with E-state index in [1.807, 2.05) is 58.0 Å². The van der Waals surface area contributed by atoms with Crippen LogP contribution in [-0.4, -0.2) is 9.97 Å². The average molecular weight is 306 g/mol. The molecule has 3 aromatic rings. The monoisotopic (exact) mass is 306 g/mol. The third-order valence-electron chi connectivity index (χ3n) is 3.89. The first-order chi connectivity index (χ1) is 10.9. The molecule has 23 heavy (non-hydrogen) atoms. The summed E-state index contributed by atoms with van der Waals surface area (Å²) < 4.78 is 14.5. The van der Waals surface area contributed by atoms with E-state index >= 15 is 0 Å². The second kappa shape index (κ2) is 5.92. The molecule has 0 saturated carbocycles. The molecule has 0 amide bonds. The van der Waals surface area contributed by atoms with Crippen molar-refractivity contribution in [1.29, 1.82) is 0 Å². The van der Waals surface area contributed by atoms with Crippen LogP contribution in [0, 0.1) is 33.6 Å². The number of aromatic nitrogens is 2. The summed E-state index contributed by atoms with van der Waals surface area (Å²) in [5.41, 5.74) is 6.89. The fourth-order valence-electron chi connectivity index (χ4n) is 2.81. The Labute approximate surface area is 136 Å². The van der Waals surface area contributed by atoms with E-state index in [2.05, 4.69) is 16.0 Å². The molecule has 1 heterocycles. The molecule has 0 N–H and O–H groups in total. The SMILES string of the molecule is Cc1cc(C)cc(-c2ncc(-c3cc(C)ccc3C)nc2F)c1. The first kappa shape index (κ1) is 15.3. The minimum absolute atomic E-state index is 0.297. The molecule has 2 aromatic carbocycles. The molecule has 0 aliphatic heterocycles. The summed E-state index contributed by atoms with van der Waals surface area (Å²) >= 11 is 0. The minimum Gasteiger partial charge on any atom is -0.249 e. The van der Waals surface area contributed by atoms with E-state index in [-0.39, 0.29) is 0 Å². The molecule has 0 fully saturated rings. The number of benzene rings is 2. The highest BCUT2D eigenvalue weighted by atomic mass is 19.1. The fourth-order valence-corrected chi connectivity index (χ4v) is 2.81. The van der Waals surface area contributed by atoms with Crippen molar-refractivity contribution in [2.24, 2.45) is 0 Å². The Morgan fingerprint density at radius 3 is 2.17 bits per heavy atom. The zero-order valence-corrected chi connectivity index (χ0v) is 13.8. The first-order valence-corrected chi connectivity index (χ1v) is 7.63. The van der Waals surface area contributed by atoms with E-state index in [0.717, 1.165) is 33.4 Å². The molecule has 116 valence electrons. The normalized spacial score (nSPS) is 10.8. The van der Waals surface area contributed by atoms with Crippen LogP contribution < -0.4 is 0 Å². The average Bonchev–Trinajstić information content (AvgIpc) is 2.48. The maximum atomic E-state index is 14.5. The van der Waals surface area contributed by atoms with E-state index in [9.17, 15) is 4.39 Å². The number of aryl methyl sites for hydroxylation is 4. The number of rotatable bonds is 2. The predicted molar refractivity (Wildman–Crippen MR) is 91.8 cm³/mol. The first-order valence-electron chi connectivity index (χ1n) is 7.63. The molecule has 0 bridgehead atoms. The van der Waals surface area contributed by atoms with Crippen molar-refractivity contribution in [1.82, 2.24) is 9.97 Å². The molecule has 1 aromatic heterocycles. The lowest BCUT2D eigenvalue weighted by Gasteiger charge is -2.09. The summed E-state index contributed by atoms with van der Waals surface area (Å²) in [6.45, 7) is 7.99. The number of nitrogens with zero attached hydrogens (tertiary/aromatic N) is 2. The molecule has 0 aliphatic carbocycles. The zero-order chi connectivity index (χ0) is 16.6. The Morgan fingerprint density at radius 1 is 0.826 bits per heavy atom. The Morgan fingerprint density at radius 2 is 1.52 bits per heavy atom. The van der Waals surface area contributed by atoms with Crippen LogP contribution in [0.15, 0.2) is 42.6 Å². The van der Waals surface area contributed by atoms with Crippen molar-refractivity contribution in [2.45, 2.75) is 27.7 Å². The van der Waals surface area contributed by atoms with Gasteiger partial charge in [-0.25, -0.2) is 9.97 Å². The highest BCUT2D eigenvalue weighted by Gasteiger charge is 2.12. The van der Waals surface area contributed by atoms with E-state index < -0.39 is 5.95 Å². The Bertz CT molecular complexity index is 865. The molecule has 2 nitrogen and oxygen atoms in total. The Balaban J connectivity index is 2.09. The molecule has 0 atom stereocenters. The molecule has 0 aliphatic rings. The quantitative estimate of drug-likeness (QED) is 0.651. The topological polar surface area (TPSA) is 25.8 Å². The molecule has 0 radical (unpaired) electrons. The number of hydrogen-bond donors (Lipinski definition) is 0. The van der Waals surface area contributed by atoms with Gasteiger partial charge in [-0.1, -0.05) is 34.9 Å². The van der Waals surface area contributed by atoms with Gasteiger partial charge in [0, 0.05) is 11.1 Å². The summed E-state index contributed by atoms with van der Waals surface area (Å²) in [6, 6.07) is 12.0. The van der Waals surface area contributed by atoms with Gasteiger partial charge >= 0.3 is 0 Å². The summed E-state index contributed by atoms with van der Waals surface area (Å²) in [5.74, 6) is -0.534. The van der Waals surface area contributed by atoms with E-state index in [1.165, 1.54) is 0 Å². The highest BCUT2D eigenvalue weighted by Crippen LogP contribution is 2.26. The lowest BCUT2D eigenvalue weighted by atomic mass is 10.0. The number of halogens is 1. The molecule has 0 saturated heterocycles. The second-order valence-electron chi connectivity index (χ2n) is 6.09. The molecule has 3 rings (SSSR count). The van der Waals surface area contributed by atoms with Gasteiger partial charge in [0.05, 0.1) is 11.9 Å². The van der Waals surface area contributed by atoms with Gasteiger partial charge in [-0.3, -0.25) is 0 Å². The Hall–Kier alpha value is -2.55. The standard InChI is InChI=1S/C20H19FN2/c1-12-5-6-15(4)17(10-12)18-11-22-19(20(21)23-18)16-8-13(2)7-14(3)9-16/h5-11H,1-4H3. The van der Waals surface area contributed by atoms with Crippen molar-refractivity contribution in [3.05, 3.63) is 70.8 Å². The van der Waals surface area contributed by atoms with Crippen LogP contribution in [0.25, 0.3) is 22.5 Å². The van der Waals surface area contributed by atoms with Gasteiger partial charge in [0.15, 0.2) is 0 Å². The van der Waals surface area contributed by atoms with E-state index in [0.29, 0.717) is 11.4 Å². The van der Waals surface area contributed by atoms with Gasteiger partial charge in [-0.15, -0.1) is 0 Å². The van der Waals surface area contributed by atoms with Crippen molar-refractivity contribution in [2.75, 3.05) is 0 Å². The molecule has 0 unspecified atom stereocenters. The zero-order valence-electron chi connectivity index (χ0n) is 13.8. The van der Waals surface area contributed by atoms with Crippen molar-refractivity contribution in [3.63, 3.8) is 0 Å². The summed E-state index contributed by atoms with van der Waals surface area (Å²) in [6.07, 6.45) is 1.65. The van der Waals surface area contributed by atoms with Crippen LogP contribution in [0.3, 0.4) is 0 Å². The third-order valence-corrected chi connectivity index (χ3v) is 3.89. The lowest BCUT2D eigenvalue weighted by molar-refractivity contribution is 0.583. The smallest absolute Gasteiger partial charge is 0.239 e. The maximum Gasteiger partial charge on any atom is 0.239 e. The van der Waals surface area contributed by atoms with Crippen LogP contribution in [0.1, 0.15) is 22.3 Å². The minimum atomic E-state index is -0.534. The largest absolute Gasteiger partial charge is 0.249 e. The van der Waals surface area contributed by atoms with Crippen LogP contribution in [0.4, 0.5) is 4.39 Å². The molecular weight excluding hydrogens is 287 g/mol. The van der Waals surface area contributed by atoms with Gasteiger partial charge in [0.1, 0.15) is 5.69 Å². The summed E-state index contributed by atoms with van der Waals surface area (Å²) in [4.78, 5) is 8.49. The predicted octanol–water partition coefficient (Wildman–Crippen LogP) is 5.18. The van der Waals surface area contributed by atoms with E-state index in [4.69, 9.17) is 0 Å². The lowest BCUT2D eigenvalue weighted by Crippen LogP contribution is -1.98. The highest BCUT2D eigenvalue weighted by molar-refractivity contribution is 5.66. The van der Waals surface area contributed by atoms with E-state index in [1.54, 1.807) is 6.20 Å². The van der Waals surface area contributed by atoms with Crippen LogP contribution >= 0.6 is 0 Å². The summed E-state index contributed by atoms with van der Waals surface area (Å²) in [5, 5.41) is 0. The third kappa shape index (κ3) is 3.14. The maximum absolute atomic E-state index is 14.5. The van der Waals surface area contributed by atoms with Gasteiger partial charge in [-0.05, 0) is 51.5 Å². The molecule has 3 heteroatoms. The van der Waals surface area contributed by atoms with Gasteiger partial charge in [-0.2, -0.15) is 4.39 Å². The van der Waals surface area contributed by atoms with Gasteiger partial charge in [0.25, 0.3) is 0 Å². The molecule has 0 spiro atoms. The van der Waals surface area contributed by atoms with Crippen molar-refractivity contribution in [3.8, 4) is 22.5 Å². The van der Waals surface area contributed by atoms with Crippen LogP contribution in [-0.2, 0) is 0 Å². The second-order valence-corrected chi connectivity index (χ2v) is 6.09. The molecular formula is C20H19FN2. The fraction of sp³-hybridized carbons (Fsp3) is 0.200. The Kier molecular flexibility index (Phi) is 3.95. The number of hydrogen-bond acceptors (Lipinski definition) is 2.